The lowest BCUT2D eigenvalue weighted by Gasteiger charge is -2.09. The van der Waals surface area contributed by atoms with Crippen molar-refractivity contribution in [3.63, 3.8) is 0 Å². The van der Waals surface area contributed by atoms with Crippen molar-refractivity contribution in [3.05, 3.63) is 52.2 Å². The first-order valence-corrected chi connectivity index (χ1v) is 6.96. The van der Waals surface area contributed by atoms with Gasteiger partial charge in [-0.2, -0.15) is 0 Å². The molecule has 0 aliphatic heterocycles. The van der Waals surface area contributed by atoms with Gasteiger partial charge in [0.05, 0.1) is 18.7 Å². The van der Waals surface area contributed by atoms with Crippen LogP contribution < -0.4 is 16.4 Å². The summed E-state index contributed by atoms with van der Waals surface area (Å²) in [7, 11) is 0. The molecule has 0 saturated heterocycles. The number of benzene rings is 1. The third-order valence-corrected chi connectivity index (χ3v) is 3.55. The quantitative estimate of drug-likeness (QED) is 0.755. The molecule has 0 aliphatic rings. The fourth-order valence-corrected chi connectivity index (χ4v) is 2.33. The van der Waals surface area contributed by atoms with Crippen LogP contribution in [0, 0.1) is 0 Å². The van der Waals surface area contributed by atoms with Gasteiger partial charge in [-0.3, -0.25) is 9.59 Å². The summed E-state index contributed by atoms with van der Waals surface area (Å²) < 4.78 is 0. The molecule has 2 amide bonds. The average Bonchev–Trinajstić information content (AvgIpc) is 2.96. The number of carbonyl (C=O) groups excluding carboxylic acids is 2. The van der Waals surface area contributed by atoms with Crippen molar-refractivity contribution < 1.29 is 9.59 Å². The molecular weight excluding hydrogens is 274 g/mol. The number of thiophene rings is 1. The summed E-state index contributed by atoms with van der Waals surface area (Å²) in [6.07, 6.45) is 0. The maximum atomic E-state index is 11.7. The highest BCUT2D eigenvalue weighted by Crippen LogP contribution is 2.13. The van der Waals surface area contributed by atoms with E-state index < -0.39 is 5.91 Å². The van der Waals surface area contributed by atoms with Gasteiger partial charge < -0.3 is 16.4 Å². The highest BCUT2D eigenvalue weighted by molar-refractivity contribution is 7.09. The van der Waals surface area contributed by atoms with E-state index in [2.05, 4.69) is 10.6 Å². The molecule has 0 atom stereocenters. The summed E-state index contributed by atoms with van der Waals surface area (Å²) in [5.41, 5.74) is 6.20. The number of hydrogen-bond acceptors (Lipinski definition) is 4. The molecule has 0 fully saturated rings. The van der Waals surface area contributed by atoms with Crippen LogP contribution >= 0.6 is 11.3 Å². The van der Waals surface area contributed by atoms with Gasteiger partial charge in [-0.15, -0.1) is 11.3 Å². The number of carbonyl (C=O) groups is 2. The third-order valence-electron chi connectivity index (χ3n) is 2.67. The van der Waals surface area contributed by atoms with E-state index in [1.165, 1.54) is 0 Å². The number of primary amides is 1. The van der Waals surface area contributed by atoms with Crippen molar-refractivity contribution in [1.29, 1.82) is 0 Å². The molecule has 4 N–H and O–H groups in total. The molecule has 0 aliphatic carbocycles. The van der Waals surface area contributed by atoms with Crippen molar-refractivity contribution in [2.45, 2.75) is 6.54 Å². The van der Waals surface area contributed by atoms with Crippen LogP contribution in [-0.4, -0.2) is 18.4 Å². The molecule has 104 valence electrons. The Labute approximate surface area is 120 Å². The lowest BCUT2D eigenvalue weighted by molar-refractivity contribution is -0.119. The van der Waals surface area contributed by atoms with E-state index in [4.69, 9.17) is 5.73 Å². The zero-order valence-corrected chi connectivity index (χ0v) is 11.6. The Bertz CT molecular complexity index is 596. The zero-order chi connectivity index (χ0) is 14.4. The second-order valence-electron chi connectivity index (χ2n) is 4.12. The lowest BCUT2D eigenvalue weighted by Crippen LogP contribution is -2.29. The number of nitrogens with two attached hydrogens (primary N) is 1. The Balaban J connectivity index is 1.85. The van der Waals surface area contributed by atoms with Gasteiger partial charge >= 0.3 is 0 Å². The Morgan fingerprint density at radius 2 is 1.95 bits per heavy atom. The van der Waals surface area contributed by atoms with Crippen LogP contribution in [0.5, 0.6) is 0 Å². The van der Waals surface area contributed by atoms with Crippen LogP contribution in [0.25, 0.3) is 0 Å². The van der Waals surface area contributed by atoms with Crippen molar-refractivity contribution >= 4 is 28.8 Å². The first-order valence-electron chi connectivity index (χ1n) is 6.08. The van der Waals surface area contributed by atoms with Gasteiger partial charge in [-0.05, 0) is 23.6 Å². The van der Waals surface area contributed by atoms with Gasteiger partial charge in [0.25, 0.3) is 5.91 Å². The van der Waals surface area contributed by atoms with Crippen LogP contribution in [-0.2, 0) is 11.3 Å². The number of hydrogen-bond donors (Lipinski definition) is 3. The van der Waals surface area contributed by atoms with E-state index in [0.29, 0.717) is 17.8 Å². The van der Waals surface area contributed by atoms with Gasteiger partial charge in [0.2, 0.25) is 5.91 Å². The average molecular weight is 289 g/mol. The van der Waals surface area contributed by atoms with E-state index in [1.54, 1.807) is 35.6 Å². The fraction of sp³-hybridized carbons (Fsp3) is 0.143. The minimum absolute atomic E-state index is 0.0929. The molecule has 0 radical (unpaired) electrons. The van der Waals surface area contributed by atoms with E-state index in [1.807, 2.05) is 17.5 Å². The summed E-state index contributed by atoms with van der Waals surface area (Å²) in [5.74, 6) is -0.662. The van der Waals surface area contributed by atoms with Gasteiger partial charge in [0, 0.05) is 10.6 Å². The molecule has 1 heterocycles. The van der Waals surface area contributed by atoms with Crippen LogP contribution in [0.3, 0.4) is 0 Å². The second kappa shape index (κ2) is 6.72. The maximum absolute atomic E-state index is 11.7. The summed E-state index contributed by atoms with van der Waals surface area (Å²) in [6, 6.07) is 10.7. The highest BCUT2D eigenvalue weighted by atomic mass is 32.1. The number of para-hydroxylation sites is 1. The summed E-state index contributed by atoms with van der Waals surface area (Å²) in [6.45, 7) is 0.602. The number of rotatable bonds is 6. The SMILES string of the molecule is NC(=O)c1ccccc1NCC(=O)NCc1cccs1. The summed E-state index contributed by atoms with van der Waals surface area (Å²) in [4.78, 5) is 24.0. The van der Waals surface area contributed by atoms with Gasteiger partial charge in [-0.1, -0.05) is 18.2 Å². The molecule has 0 saturated carbocycles. The Kier molecular flexibility index (Phi) is 4.73. The smallest absolute Gasteiger partial charge is 0.250 e. The molecule has 0 unspecified atom stereocenters. The van der Waals surface area contributed by atoms with E-state index >= 15 is 0 Å². The molecule has 1 aromatic heterocycles. The Hall–Kier alpha value is -2.34. The van der Waals surface area contributed by atoms with Crippen LogP contribution in [0.4, 0.5) is 5.69 Å². The molecule has 5 nitrogen and oxygen atoms in total. The van der Waals surface area contributed by atoms with Crippen molar-refractivity contribution in [3.8, 4) is 0 Å². The normalized spacial score (nSPS) is 10.0. The first-order chi connectivity index (χ1) is 9.66. The number of anilines is 1. The lowest BCUT2D eigenvalue weighted by atomic mass is 10.1. The maximum Gasteiger partial charge on any atom is 0.250 e. The van der Waals surface area contributed by atoms with Gasteiger partial charge in [0.15, 0.2) is 0 Å². The summed E-state index contributed by atoms with van der Waals surface area (Å²) in [5, 5.41) is 7.67. The largest absolute Gasteiger partial charge is 0.376 e. The van der Waals surface area contributed by atoms with E-state index in [0.717, 1.165) is 4.88 Å². The predicted molar refractivity (Wildman–Crippen MR) is 79.6 cm³/mol. The molecule has 2 aromatic rings. The van der Waals surface area contributed by atoms with Crippen molar-refractivity contribution in [2.24, 2.45) is 5.73 Å². The van der Waals surface area contributed by atoms with Gasteiger partial charge in [-0.25, -0.2) is 0 Å². The molecule has 6 heteroatoms. The minimum Gasteiger partial charge on any atom is -0.376 e. The third kappa shape index (κ3) is 3.83. The molecule has 20 heavy (non-hydrogen) atoms. The van der Waals surface area contributed by atoms with Crippen molar-refractivity contribution in [2.75, 3.05) is 11.9 Å². The highest BCUT2D eigenvalue weighted by Gasteiger charge is 2.08. The number of amides is 2. The van der Waals surface area contributed by atoms with Crippen LogP contribution in [0.2, 0.25) is 0 Å². The molecule has 0 bridgehead atoms. The zero-order valence-electron chi connectivity index (χ0n) is 10.8. The summed E-state index contributed by atoms with van der Waals surface area (Å²) >= 11 is 1.59. The molecule has 2 rings (SSSR count). The monoisotopic (exact) mass is 289 g/mol. The van der Waals surface area contributed by atoms with Gasteiger partial charge in [0.1, 0.15) is 0 Å². The van der Waals surface area contributed by atoms with Crippen LogP contribution in [0.15, 0.2) is 41.8 Å². The van der Waals surface area contributed by atoms with E-state index in [-0.39, 0.29) is 12.5 Å². The van der Waals surface area contributed by atoms with Crippen molar-refractivity contribution in [1.82, 2.24) is 5.32 Å². The first kappa shape index (κ1) is 14.1. The Morgan fingerprint density at radius 1 is 1.15 bits per heavy atom. The topological polar surface area (TPSA) is 84.2 Å². The molecule has 1 aromatic carbocycles. The van der Waals surface area contributed by atoms with E-state index in [9.17, 15) is 9.59 Å². The predicted octanol–water partition coefficient (Wildman–Crippen LogP) is 1.58. The fourth-order valence-electron chi connectivity index (χ4n) is 1.69. The second-order valence-corrected chi connectivity index (χ2v) is 5.15. The number of nitrogens with one attached hydrogen (secondary N) is 2. The van der Waals surface area contributed by atoms with Crippen LogP contribution in [0.1, 0.15) is 15.2 Å². The minimum atomic E-state index is -0.521. The Morgan fingerprint density at radius 3 is 2.65 bits per heavy atom. The molecular formula is C14H15N3O2S. The standard InChI is InChI=1S/C14H15N3O2S/c15-14(19)11-5-1-2-6-12(11)16-9-13(18)17-8-10-4-3-7-20-10/h1-7,16H,8-9H2,(H2,15,19)(H,17,18). The molecule has 0 spiro atoms.